The van der Waals surface area contributed by atoms with E-state index in [9.17, 15) is 8.42 Å². The lowest BCUT2D eigenvalue weighted by Crippen LogP contribution is -2.50. The van der Waals surface area contributed by atoms with E-state index in [4.69, 9.17) is 0 Å². The van der Waals surface area contributed by atoms with Crippen LogP contribution in [0.3, 0.4) is 0 Å². The third kappa shape index (κ3) is 3.84. The van der Waals surface area contributed by atoms with Gasteiger partial charge in [0.05, 0.1) is 4.90 Å². The number of sulfonamides is 1. The van der Waals surface area contributed by atoms with Crippen molar-refractivity contribution in [1.29, 1.82) is 0 Å². The van der Waals surface area contributed by atoms with Gasteiger partial charge < -0.3 is 5.32 Å². The molecule has 0 unspecified atom stereocenters. The van der Waals surface area contributed by atoms with Crippen LogP contribution in [0.5, 0.6) is 0 Å². The Kier molecular flexibility index (Phi) is 4.76. The zero-order valence-corrected chi connectivity index (χ0v) is 14.2. The molecule has 2 N–H and O–H groups in total. The molecule has 2 rings (SSSR count). The standard InChI is InChI=1S/C16H26N2O2S/c1-12(2)17-11-14-7-5-8-15(13(14)3)21(19,20)18-16(4)9-6-10-16/h5,7-8,12,17-18H,6,9-11H2,1-4H3. The number of rotatable bonds is 6. The highest BCUT2D eigenvalue weighted by Crippen LogP contribution is 2.33. The molecule has 0 bridgehead atoms. The normalized spacial score (nSPS) is 17.8. The molecule has 0 aliphatic heterocycles. The highest BCUT2D eigenvalue weighted by molar-refractivity contribution is 7.89. The van der Waals surface area contributed by atoms with Crippen LogP contribution < -0.4 is 10.0 Å². The molecule has 0 aromatic heterocycles. The minimum atomic E-state index is -3.45. The van der Waals surface area contributed by atoms with Crippen molar-refractivity contribution in [1.82, 2.24) is 10.0 Å². The van der Waals surface area contributed by atoms with Gasteiger partial charge in [-0.3, -0.25) is 0 Å². The van der Waals surface area contributed by atoms with Gasteiger partial charge in [-0.1, -0.05) is 26.0 Å². The summed E-state index contributed by atoms with van der Waals surface area (Å²) in [6.45, 7) is 8.70. The minimum Gasteiger partial charge on any atom is -0.310 e. The van der Waals surface area contributed by atoms with E-state index in [2.05, 4.69) is 23.9 Å². The third-order valence-corrected chi connectivity index (χ3v) is 6.01. The van der Waals surface area contributed by atoms with Crippen molar-refractivity contribution in [2.45, 2.75) is 70.0 Å². The van der Waals surface area contributed by atoms with Crippen molar-refractivity contribution in [2.24, 2.45) is 0 Å². The molecule has 4 nitrogen and oxygen atoms in total. The fourth-order valence-electron chi connectivity index (χ4n) is 2.65. The van der Waals surface area contributed by atoms with Crippen molar-refractivity contribution in [3.63, 3.8) is 0 Å². The van der Waals surface area contributed by atoms with E-state index in [1.54, 1.807) is 6.07 Å². The molecule has 0 amide bonds. The zero-order valence-electron chi connectivity index (χ0n) is 13.4. The smallest absolute Gasteiger partial charge is 0.241 e. The zero-order chi connectivity index (χ0) is 15.7. The van der Waals surface area contributed by atoms with Crippen LogP contribution >= 0.6 is 0 Å². The summed E-state index contributed by atoms with van der Waals surface area (Å²) in [5.74, 6) is 0. The van der Waals surface area contributed by atoms with Gasteiger partial charge in [0, 0.05) is 18.1 Å². The Morgan fingerprint density at radius 2 is 1.95 bits per heavy atom. The Morgan fingerprint density at radius 1 is 1.29 bits per heavy atom. The molecule has 118 valence electrons. The average molecular weight is 310 g/mol. The molecule has 0 heterocycles. The molecule has 0 radical (unpaired) electrons. The Hall–Kier alpha value is -0.910. The molecule has 1 aliphatic rings. The van der Waals surface area contributed by atoms with Gasteiger partial charge in [0.1, 0.15) is 0 Å². The molecule has 1 aliphatic carbocycles. The topological polar surface area (TPSA) is 58.2 Å². The molecule has 1 saturated carbocycles. The molecular formula is C16H26N2O2S. The van der Waals surface area contributed by atoms with E-state index in [-0.39, 0.29) is 5.54 Å². The van der Waals surface area contributed by atoms with Gasteiger partial charge in [-0.25, -0.2) is 13.1 Å². The summed E-state index contributed by atoms with van der Waals surface area (Å²) in [5, 5.41) is 3.34. The first-order valence-corrected chi connectivity index (χ1v) is 9.08. The molecule has 21 heavy (non-hydrogen) atoms. The van der Waals surface area contributed by atoms with Crippen molar-refractivity contribution in [3.8, 4) is 0 Å². The van der Waals surface area contributed by atoms with Crippen LogP contribution in [0.2, 0.25) is 0 Å². The van der Waals surface area contributed by atoms with Crippen LogP contribution in [-0.2, 0) is 16.6 Å². The van der Waals surface area contributed by atoms with Gasteiger partial charge in [-0.05, 0) is 50.3 Å². The maximum absolute atomic E-state index is 12.6. The second kappa shape index (κ2) is 6.07. The van der Waals surface area contributed by atoms with Crippen molar-refractivity contribution < 1.29 is 8.42 Å². The van der Waals surface area contributed by atoms with Gasteiger partial charge >= 0.3 is 0 Å². The maximum atomic E-state index is 12.6. The maximum Gasteiger partial charge on any atom is 0.241 e. The minimum absolute atomic E-state index is 0.266. The third-order valence-electron chi connectivity index (χ3n) is 4.22. The Bertz CT molecular complexity index is 605. The number of hydrogen-bond acceptors (Lipinski definition) is 3. The van der Waals surface area contributed by atoms with Crippen molar-refractivity contribution in [2.75, 3.05) is 0 Å². The predicted octanol–water partition coefficient (Wildman–Crippen LogP) is 2.71. The van der Waals surface area contributed by atoms with Crippen LogP contribution in [0.25, 0.3) is 0 Å². The first-order chi connectivity index (χ1) is 9.73. The van der Waals surface area contributed by atoms with E-state index in [0.29, 0.717) is 17.5 Å². The Balaban J connectivity index is 2.24. The van der Waals surface area contributed by atoms with Gasteiger partial charge in [0.2, 0.25) is 10.0 Å². The first-order valence-electron chi connectivity index (χ1n) is 7.59. The molecular weight excluding hydrogens is 284 g/mol. The van der Waals surface area contributed by atoms with E-state index in [1.807, 2.05) is 26.0 Å². The van der Waals surface area contributed by atoms with E-state index in [0.717, 1.165) is 30.4 Å². The fraction of sp³-hybridized carbons (Fsp3) is 0.625. The summed E-state index contributed by atoms with van der Waals surface area (Å²) in [6, 6.07) is 5.87. The summed E-state index contributed by atoms with van der Waals surface area (Å²) in [7, 11) is -3.45. The SMILES string of the molecule is Cc1c(CNC(C)C)cccc1S(=O)(=O)NC1(C)CCC1. The van der Waals surface area contributed by atoms with E-state index < -0.39 is 10.0 Å². The molecule has 5 heteroatoms. The average Bonchev–Trinajstić information content (AvgIpc) is 2.34. The summed E-state index contributed by atoms with van der Waals surface area (Å²) in [4.78, 5) is 0.402. The molecule has 0 saturated heterocycles. The highest BCUT2D eigenvalue weighted by atomic mass is 32.2. The highest BCUT2D eigenvalue weighted by Gasteiger charge is 2.36. The number of hydrogen-bond donors (Lipinski definition) is 2. The fourth-order valence-corrected chi connectivity index (χ4v) is 4.40. The van der Waals surface area contributed by atoms with Gasteiger partial charge in [-0.15, -0.1) is 0 Å². The van der Waals surface area contributed by atoms with Crippen LogP contribution in [0.1, 0.15) is 51.2 Å². The van der Waals surface area contributed by atoms with E-state index >= 15 is 0 Å². The quantitative estimate of drug-likeness (QED) is 0.849. The lowest BCUT2D eigenvalue weighted by atomic mass is 9.80. The summed E-state index contributed by atoms with van der Waals surface area (Å²) < 4.78 is 28.1. The summed E-state index contributed by atoms with van der Waals surface area (Å²) >= 11 is 0. The van der Waals surface area contributed by atoms with Crippen LogP contribution in [-0.4, -0.2) is 20.0 Å². The second-order valence-electron chi connectivity index (χ2n) is 6.60. The van der Waals surface area contributed by atoms with Crippen molar-refractivity contribution >= 4 is 10.0 Å². The Morgan fingerprint density at radius 3 is 2.48 bits per heavy atom. The van der Waals surface area contributed by atoms with Crippen LogP contribution in [0, 0.1) is 6.92 Å². The molecule has 0 atom stereocenters. The predicted molar refractivity (Wildman–Crippen MR) is 85.7 cm³/mol. The lowest BCUT2D eigenvalue weighted by Gasteiger charge is -2.38. The largest absolute Gasteiger partial charge is 0.310 e. The van der Waals surface area contributed by atoms with E-state index in [1.165, 1.54) is 0 Å². The summed E-state index contributed by atoms with van der Waals surface area (Å²) in [6.07, 6.45) is 2.93. The van der Waals surface area contributed by atoms with Crippen molar-refractivity contribution in [3.05, 3.63) is 29.3 Å². The second-order valence-corrected chi connectivity index (χ2v) is 8.25. The first kappa shape index (κ1) is 16.5. The van der Waals surface area contributed by atoms with Gasteiger partial charge in [-0.2, -0.15) is 0 Å². The number of benzene rings is 1. The molecule has 1 fully saturated rings. The summed E-state index contributed by atoms with van der Waals surface area (Å²) in [5.41, 5.74) is 1.60. The van der Waals surface area contributed by atoms with Crippen LogP contribution in [0.4, 0.5) is 0 Å². The monoisotopic (exact) mass is 310 g/mol. The Labute approximate surface area is 128 Å². The molecule has 0 spiro atoms. The molecule has 1 aromatic rings. The number of nitrogens with one attached hydrogen (secondary N) is 2. The lowest BCUT2D eigenvalue weighted by molar-refractivity contribution is 0.248. The van der Waals surface area contributed by atoms with Gasteiger partial charge in [0.15, 0.2) is 0 Å². The molecule has 1 aromatic carbocycles. The van der Waals surface area contributed by atoms with Crippen LogP contribution in [0.15, 0.2) is 23.1 Å². The van der Waals surface area contributed by atoms with Gasteiger partial charge in [0.25, 0.3) is 0 Å².